The Hall–Kier alpha value is -1.95. The molecule has 1 aromatic carbocycles. The van der Waals surface area contributed by atoms with Crippen LogP contribution in [0.4, 0.5) is 0 Å². The monoisotopic (exact) mass is 203 g/mol. The smallest absolute Gasteiger partial charge is 0.251 e. The number of benzene rings is 1. The maximum atomic E-state index is 11.6. The summed E-state index contributed by atoms with van der Waals surface area (Å²) >= 11 is 0. The molecule has 3 heteroatoms. The highest BCUT2D eigenvalue weighted by atomic mass is 16.5. The lowest BCUT2D eigenvalue weighted by Crippen LogP contribution is -2.24. The first-order valence-corrected chi connectivity index (χ1v) is 4.63. The highest BCUT2D eigenvalue weighted by Gasteiger charge is 2.04. The second kappa shape index (κ2) is 5.71. The quantitative estimate of drug-likeness (QED) is 0.594. The molecule has 0 heterocycles. The molecule has 0 saturated carbocycles. The van der Waals surface area contributed by atoms with E-state index in [9.17, 15) is 4.79 Å². The summed E-state index contributed by atoms with van der Waals surface area (Å²) in [7, 11) is 1.56. The second-order valence-corrected chi connectivity index (χ2v) is 2.94. The van der Waals surface area contributed by atoms with Crippen LogP contribution in [-0.2, 0) is 0 Å². The number of amides is 1. The van der Waals surface area contributed by atoms with Crippen LogP contribution in [0.2, 0.25) is 0 Å². The van der Waals surface area contributed by atoms with Gasteiger partial charge in [0.05, 0.1) is 7.11 Å². The van der Waals surface area contributed by atoms with Crippen LogP contribution in [0.5, 0.6) is 5.75 Å². The molecule has 0 saturated heterocycles. The van der Waals surface area contributed by atoms with Crippen LogP contribution < -0.4 is 10.1 Å². The first-order chi connectivity index (χ1) is 7.27. The lowest BCUT2D eigenvalue weighted by Gasteiger charge is -2.04. The van der Waals surface area contributed by atoms with E-state index in [1.165, 1.54) is 0 Å². The van der Waals surface area contributed by atoms with Crippen LogP contribution in [0.3, 0.4) is 0 Å². The molecule has 1 rings (SSSR count). The number of carbonyl (C=O) groups excluding carboxylic acids is 1. The summed E-state index contributed by atoms with van der Waals surface area (Å²) in [5.41, 5.74) is 0.575. The third-order valence-electron chi connectivity index (χ3n) is 1.89. The van der Waals surface area contributed by atoms with Gasteiger partial charge in [-0.2, -0.15) is 0 Å². The van der Waals surface area contributed by atoms with E-state index in [1.807, 2.05) is 0 Å². The first-order valence-electron chi connectivity index (χ1n) is 4.63. The Kier molecular flexibility index (Phi) is 4.24. The van der Waals surface area contributed by atoms with Crippen molar-refractivity contribution in [2.24, 2.45) is 0 Å². The maximum Gasteiger partial charge on any atom is 0.251 e. The van der Waals surface area contributed by atoms with Crippen LogP contribution in [-0.4, -0.2) is 19.6 Å². The molecule has 0 bridgehead atoms. The minimum atomic E-state index is -0.135. The minimum Gasteiger partial charge on any atom is -0.497 e. The topological polar surface area (TPSA) is 38.3 Å². The van der Waals surface area contributed by atoms with Crippen LogP contribution in [0.1, 0.15) is 16.8 Å². The van der Waals surface area contributed by atoms with Gasteiger partial charge in [-0.3, -0.25) is 4.79 Å². The van der Waals surface area contributed by atoms with Crippen molar-refractivity contribution in [2.75, 3.05) is 13.7 Å². The van der Waals surface area contributed by atoms with Crippen molar-refractivity contribution in [1.29, 1.82) is 0 Å². The van der Waals surface area contributed by atoms with Crippen LogP contribution in [0.15, 0.2) is 24.3 Å². The molecule has 0 aliphatic rings. The number of methoxy groups -OCH3 is 1. The Balaban J connectivity index is 2.61. The molecular weight excluding hydrogens is 190 g/mol. The number of carbonyl (C=O) groups is 1. The number of rotatable bonds is 4. The van der Waals surface area contributed by atoms with Gasteiger partial charge in [0.2, 0.25) is 0 Å². The molecule has 0 atom stereocenters. The van der Waals surface area contributed by atoms with Gasteiger partial charge in [-0.1, -0.05) is 6.07 Å². The van der Waals surface area contributed by atoms with Crippen molar-refractivity contribution >= 4 is 5.91 Å². The van der Waals surface area contributed by atoms with E-state index in [0.29, 0.717) is 24.3 Å². The molecule has 0 aliphatic carbocycles. The number of nitrogens with one attached hydrogen (secondary N) is 1. The fourth-order valence-corrected chi connectivity index (χ4v) is 1.11. The summed E-state index contributed by atoms with van der Waals surface area (Å²) in [6, 6.07) is 6.98. The van der Waals surface area contributed by atoms with Gasteiger partial charge in [-0.05, 0) is 18.2 Å². The summed E-state index contributed by atoms with van der Waals surface area (Å²) in [5.74, 6) is 2.99. The van der Waals surface area contributed by atoms with Gasteiger partial charge < -0.3 is 10.1 Å². The molecule has 0 radical (unpaired) electrons. The van der Waals surface area contributed by atoms with Gasteiger partial charge >= 0.3 is 0 Å². The minimum absolute atomic E-state index is 0.135. The van der Waals surface area contributed by atoms with Crippen molar-refractivity contribution in [1.82, 2.24) is 5.32 Å². The molecule has 78 valence electrons. The summed E-state index contributed by atoms with van der Waals surface area (Å²) in [6.07, 6.45) is 5.62. The first kappa shape index (κ1) is 11.1. The molecule has 0 fully saturated rings. The SMILES string of the molecule is C#CCCNC(=O)c1cccc(OC)c1. The largest absolute Gasteiger partial charge is 0.497 e. The molecule has 1 aromatic rings. The predicted molar refractivity (Wildman–Crippen MR) is 58.8 cm³/mol. The zero-order chi connectivity index (χ0) is 11.1. The molecular formula is C12H13NO2. The van der Waals surface area contributed by atoms with Crippen molar-refractivity contribution in [3.8, 4) is 18.1 Å². The van der Waals surface area contributed by atoms with Crippen LogP contribution in [0, 0.1) is 12.3 Å². The van der Waals surface area contributed by atoms with Gasteiger partial charge in [-0.25, -0.2) is 0 Å². The van der Waals surface area contributed by atoms with Gasteiger partial charge in [0.15, 0.2) is 0 Å². The van der Waals surface area contributed by atoms with Crippen molar-refractivity contribution in [3.05, 3.63) is 29.8 Å². The highest BCUT2D eigenvalue weighted by molar-refractivity contribution is 5.94. The average molecular weight is 203 g/mol. The van der Waals surface area contributed by atoms with Crippen molar-refractivity contribution in [3.63, 3.8) is 0 Å². The summed E-state index contributed by atoms with van der Waals surface area (Å²) in [5, 5.41) is 2.71. The number of hydrogen-bond acceptors (Lipinski definition) is 2. The van der Waals surface area contributed by atoms with E-state index < -0.39 is 0 Å². The Morgan fingerprint density at radius 1 is 1.60 bits per heavy atom. The normalized spacial score (nSPS) is 9.07. The van der Waals surface area contributed by atoms with E-state index in [2.05, 4.69) is 11.2 Å². The summed E-state index contributed by atoms with van der Waals surface area (Å²) in [4.78, 5) is 11.6. The molecule has 0 aromatic heterocycles. The standard InChI is InChI=1S/C12H13NO2/c1-3-4-8-13-12(14)10-6-5-7-11(9-10)15-2/h1,5-7,9H,4,8H2,2H3,(H,13,14). The second-order valence-electron chi connectivity index (χ2n) is 2.94. The van der Waals surface area contributed by atoms with E-state index in [-0.39, 0.29) is 5.91 Å². The highest BCUT2D eigenvalue weighted by Crippen LogP contribution is 2.12. The van der Waals surface area contributed by atoms with Crippen LogP contribution >= 0.6 is 0 Å². The third kappa shape index (κ3) is 3.35. The zero-order valence-electron chi connectivity index (χ0n) is 8.62. The fourth-order valence-electron chi connectivity index (χ4n) is 1.11. The Morgan fingerprint density at radius 3 is 3.07 bits per heavy atom. The fraction of sp³-hybridized carbons (Fsp3) is 0.250. The number of hydrogen-bond donors (Lipinski definition) is 1. The molecule has 1 N–H and O–H groups in total. The molecule has 0 spiro atoms. The molecule has 3 nitrogen and oxygen atoms in total. The average Bonchev–Trinajstić information content (AvgIpc) is 2.29. The van der Waals surface area contributed by atoms with E-state index in [1.54, 1.807) is 31.4 Å². The molecule has 15 heavy (non-hydrogen) atoms. The van der Waals surface area contributed by atoms with E-state index in [0.717, 1.165) is 0 Å². The van der Waals surface area contributed by atoms with Gasteiger partial charge in [-0.15, -0.1) is 12.3 Å². The predicted octanol–water partition coefficient (Wildman–Crippen LogP) is 1.45. The van der Waals surface area contributed by atoms with Gasteiger partial charge in [0, 0.05) is 18.5 Å². The van der Waals surface area contributed by atoms with Crippen LogP contribution in [0.25, 0.3) is 0 Å². The Morgan fingerprint density at radius 2 is 2.40 bits per heavy atom. The Bertz CT molecular complexity index is 379. The lowest BCUT2D eigenvalue weighted by molar-refractivity contribution is 0.0954. The van der Waals surface area contributed by atoms with Gasteiger partial charge in [0.1, 0.15) is 5.75 Å². The Labute approximate surface area is 89.4 Å². The summed E-state index contributed by atoms with van der Waals surface area (Å²) in [6.45, 7) is 0.493. The molecule has 0 unspecified atom stereocenters. The van der Waals surface area contributed by atoms with E-state index >= 15 is 0 Å². The number of terminal acetylenes is 1. The molecule has 1 amide bonds. The third-order valence-corrected chi connectivity index (χ3v) is 1.89. The van der Waals surface area contributed by atoms with Crippen molar-refractivity contribution < 1.29 is 9.53 Å². The molecule has 0 aliphatic heterocycles. The number of ether oxygens (including phenoxy) is 1. The van der Waals surface area contributed by atoms with Crippen molar-refractivity contribution in [2.45, 2.75) is 6.42 Å². The van der Waals surface area contributed by atoms with E-state index in [4.69, 9.17) is 11.2 Å². The summed E-state index contributed by atoms with van der Waals surface area (Å²) < 4.78 is 5.02. The maximum absolute atomic E-state index is 11.6. The zero-order valence-corrected chi connectivity index (χ0v) is 8.62. The lowest BCUT2D eigenvalue weighted by atomic mass is 10.2. The van der Waals surface area contributed by atoms with Gasteiger partial charge in [0.25, 0.3) is 5.91 Å².